The van der Waals surface area contributed by atoms with Gasteiger partial charge in [0.2, 0.25) is 0 Å². The number of carbonyl (C=O) groups excluding carboxylic acids is 2. The van der Waals surface area contributed by atoms with E-state index in [0.717, 1.165) is 37.2 Å². The SMILES string of the molecule is CC(C)c1cccc(NC(=O)/C(C=O)=C/N=C2/CCCCN2C)c1. The van der Waals surface area contributed by atoms with Crippen molar-refractivity contribution in [1.82, 2.24) is 4.90 Å². The molecule has 128 valence electrons. The van der Waals surface area contributed by atoms with Gasteiger partial charge in [0.25, 0.3) is 5.91 Å². The topological polar surface area (TPSA) is 61.8 Å². The molecule has 1 N–H and O–H groups in total. The maximum Gasteiger partial charge on any atom is 0.260 e. The lowest BCUT2D eigenvalue weighted by atomic mass is 10.0. The van der Waals surface area contributed by atoms with Crippen LogP contribution in [0.15, 0.2) is 41.0 Å². The molecule has 2 rings (SSSR count). The predicted octanol–water partition coefficient (Wildman–Crippen LogP) is 3.35. The Kier molecular flexibility index (Phi) is 6.29. The maximum atomic E-state index is 12.3. The number of carbonyl (C=O) groups is 2. The summed E-state index contributed by atoms with van der Waals surface area (Å²) in [5, 5.41) is 2.77. The second-order valence-corrected chi connectivity index (χ2v) is 6.36. The van der Waals surface area contributed by atoms with Crippen molar-refractivity contribution in [3.63, 3.8) is 0 Å². The van der Waals surface area contributed by atoms with Crippen LogP contribution in [0.3, 0.4) is 0 Å². The van der Waals surface area contributed by atoms with E-state index in [1.54, 1.807) is 0 Å². The molecule has 0 saturated carbocycles. The third-order valence-electron chi connectivity index (χ3n) is 4.14. The van der Waals surface area contributed by atoms with E-state index in [1.165, 1.54) is 6.20 Å². The summed E-state index contributed by atoms with van der Waals surface area (Å²) in [5.41, 5.74) is 1.84. The van der Waals surface area contributed by atoms with Crippen molar-refractivity contribution in [2.75, 3.05) is 18.9 Å². The zero-order chi connectivity index (χ0) is 17.5. The highest BCUT2D eigenvalue weighted by Crippen LogP contribution is 2.19. The minimum absolute atomic E-state index is 0.0245. The number of amides is 1. The summed E-state index contributed by atoms with van der Waals surface area (Å²) in [7, 11) is 1.98. The number of nitrogens with one attached hydrogen (secondary N) is 1. The summed E-state index contributed by atoms with van der Waals surface area (Å²) in [5.74, 6) is 0.847. The van der Waals surface area contributed by atoms with Gasteiger partial charge in [0.15, 0.2) is 6.29 Å². The van der Waals surface area contributed by atoms with Gasteiger partial charge >= 0.3 is 0 Å². The first-order valence-corrected chi connectivity index (χ1v) is 8.35. The molecule has 1 aromatic rings. The standard InChI is InChI=1S/C19H25N3O2/c1-14(2)15-7-6-8-17(11-15)21-19(24)16(13-23)12-20-18-9-4-5-10-22(18)3/h6-8,11-14H,4-5,9-10H2,1-3H3,(H,21,24)/b16-12+,20-18-. The Morgan fingerprint density at radius 2 is 2.12 bits per heavy atom. The number of benzene rings is 1. The van der Waals surface area contributed by atoms with Gasteiger partial charge in [-0.05, 0) is 36.5 Å². The molecule has 0 bridgehead atoms. The monoisotopic (exact) mass is 327 g/mol. The molecular weight excluding hydrogens is 302 g/mol. The average Bonchev–Trinajstić information content (AvgIpc) is 2.57. The van der Waals surface area contributed by atoms with Crippen LogP contribution >= 0.6 is 0 Å². The van der Waals surface area contributed by atoms with Crippen molar-refractivity contribution in [3.8, 4) is 0 Å². The van der Waals surface area contributed by atoms with Gasteiger partial charge in [-0.3, -0.25) is 9.59 Å². The van der Waals surface area contributed by atoms with Gasteiger partial charge in [0.1, 0.15) is 5.84 Å². The molecule has 0 spiro atoms. The lowest BCUT2D eigenvalue weighted by Crippen LogP contribution is -2.31. The van der Waals surface area contributed by atoms with Crippen molar-refractivity contribution in [1.29, 1.82) is 0 Å². The Balaban J connectivity index is 2.11. The van der Waals surface area contributed by atoms with Crippen LogP contribution < -0.4 is 5.32 Å². The van der Waals surface area contributed by atoms with Gasteiger partial charge < -0.3 is 10.2 Å². The third kappa shape index (κ3) is 4.78. The lowest BCUT2D eigenvalue weighted by molar-refractivity contribution is -0.115. The molecule has 1 aliphatic heterocycles. The summed E-state index contributed by atoms with van der Waals surface area (Å²) in [6, 6.07) is 7.65. The van der Waals surface area contributed by atoms with E-state index in [1.807, 2.05) is 31.3 Å². The molecule has 0 atom stereocenters. The number of rotatable bonds is 5. The predicted molar refractivity (Wildman–Crippen MR) is 97.2 cm³/mol. The molecule has 1 aliphatic rings. The van der Waals surface area contributed by atoms with Crippen molar-refractivity contribution in [3.05, 3.63) is 41.6 Å². The molecule has 1 fully saturated rings. The minimum Gasteiger partial charge on any atom is -0.363 e. The molecule has 1 heterocycles. The Labute approximate surface area is 143 Å². The number of likely N-dealkylation sites (tertiary alicyclic amines) is 1. The minimum atomic E-state index is -0.436. The van der Waals surface area contributed by atoms with E-state index in [4.69, 9.17) is 0 Å². The number of nitrogens with zero attached hydrogens (tertiary/aromatic N) is 2. The largest absolute Gasteiger partial charge is 0.363 e. The van der Waals surface area contributed by atoms with Crippen molar-refractivity contribution in [2.24, 2.45) is 4.99 Å². The smallest absolute Gasteiger partial charge is 0.260 e. The van der Waals surface area contributed by atoms with Crippen LogP contribution in [0, 0.1) is 0 Å². The number of aliphatic imine (C=N–C) groups is 1. The molecule has 0 aromatic heterocycles. The molecule has 0 radical (unpaired) electrons. The number of hydrogen-bond acceptors (Lipinski definition) is 3. The van der Waals surface area contributed by atoms with Crippen molar-refractivity contribution >= 4 is 23.7 Å². The van der Waals surface area contributed by atoms with Crippen molar-refractivity contribution in [2.45, 2.75) is 39.0 Å². The van der Waals surface area contributed by atoms with E-state index in [0.29, 0.717) is 17.9 Å². The zero-order valence-electron chi connectivity index (χ0n) is 14.6. The Morgan fingerprint density at radius 1 is 1.33 bits per heavy atom. The molecular formula is C19H25N3O2. The van der Waals surface area contributed by atoms with Gasteiger partial charge in [-0.1, -0.05) is 26.0 Å². The molecule has 1 saturated heterocycles. The fourth-order valence-corrected chi connectivity index (χ4v) is 2.58. The van der Waals surface area contributed by atoms with Crippen LogP contribution in [0.5, 0.6) is 0 Å². The summed E-state index contributed by atoms with van der Waals surface area (Å²) < 4.78 is 0. The van der Waals surface area contributed by atoms with Crippen LogP contribution in [0.25, 0.3) is 0 Å². The summed E-state index contributed by atoms with van der Waals surface area (Å²) >= 11 is 0. The molecule has 0 aliphatic carbocycles. The fourth-order valence-electron chi connectivity index (χ4n) is 2.58. The van der Waals surface area contributed by atoms with E-state index in [9.17, 15) is 9.59 Å². The lowest BCUT2D eigenvalue weighted by Gasteiger charge is -2.25. The first-order valence-electron chi connectivity index (χ1n) is 8.35. The van der Waals surface area contributed by atoms with Crippen LogP contribution in [-0.2, 0) is 9.59 Å². The normalized spacial score (nSPS) is 17.2. The quantitative estimate of drug-likeness (QED) is 0.390. The third-order valence-corrected chi connectivity index (χ3v) is 4.14. The number of hydrogen-bond donors (Lipinski definition) is 1. The maximum absolute atomic E-state index is 12.3. The molecule has 1 aromatic carbocycles. The van der Waals surface area contributed by atoms with Gasteiger partial charge in [0.05, 0.1) is 5.57 Å². The highest BCUT2D eigenvalue weighted by atomic mass is 16.2. The van der Waals surface area contributed by atoms with Crippen molar-refractivity contribution < 1.29 is 9.59 Å². The number of anilines is 1. The Bertz CT molecular complexity index is 662. The second-order valence-electron chi connectivity index (χ2n) is 6.36. The number of piperidine rings is 1. The zero-order valence-corrected chi connectivity index (χ0v) is 14.6. The summed E-state index contributed by atoms with van der Waals surface area (Å²) in [6.07, 6.45) is 5.02. The average molecular weight is 327 g/mol. The van der Waals surface area contributed by atoms with E-state index >= 15 is 0 Å². The second kappa shape index (κ2) is 8.43. The summed E-state index contributed by atoms with van der Waals surface area (Å²) in [4.78, 5) is 29.9. The first-order chi connectivity index (χ1) is 11.5. The highest BCUT2D eigenvalue weighted by Gasteiger charge is 2.13. The Morgan fingerprint density at radius 3 is 2.79 bits per heavy atom. The van der Waals surface area contributed by atoms with Crippen LogP contribution in [-0.4, -0.2) is 36.5 Å². The Hall–Kier alpha value is -2.43. The fraction of sp³-hybridized carbons (Fsp3) is 0.421. The molecule has 1 amide bonds. The molecule has 5 nitrogen and oxygen atoms in total. The molecule has 0 unspecified atom stereocenters. The van der Waals surface area contributed by atoms with E-state index in [-0.39, 0.29) is 5.57 Å². The van der Waals surface area contributed by atoms with Gasteiger partial charge in [-0.25, -0.2) is 4.99 Å². The first kappa shape index (κ1) is 17.9. The number of amidine groups is 1. The van der Waals surface area contributed by atoms with Crippen LogP contribution in [0.4, 0.5) is 5.69 Å². The van der Waals surface area contributed by atoms with Crippen LogP contribution in [0.1, 0.15) is 44.6 Å². The van der Waals surface area contributed by atoms with E-state index < -0.39 is 5.91 Å². The molecule has 5 heteroatoms. The summed E-state index contributed by atoms with van der Waals surface area (Å²) in [6.45, 7) is 5.14. The number of aldehydes is 1. The van der Waals surface area contributed by atoms with Gasteiger partial charge in [-0.2, -0.15) is 0 Å². The van der Waals surface area contributed by atoms with Crippen LogP contribution in [0.2, 0.25) is 0 Å². The molecule has 24 heavy (non-hydrogen) atoms. The van der Waals surface area contributed by atoms with Gasteiger partial charge in [0, 0.05) is 31.9 Å². The van der Waals surface area contributed by atoms with Gasteiger partial charge in [-0.15, -0.1) is 0 Å². The highest BCUT2D eigenvalue weighted by molar-refractivity contribution is 6.16. The van der Waals surface area contributed by atoms with E-state index in [2.05, 4.69) is 29.1 Å².